The van der Waals surface area contributed by atoms with E-state index in [1.165, 1.54) is 37.1 Å². The quantitative estimate of drug-likeness (QED) is 0.577. The Kier molecular flexibility index (Phi) is 1.84. The van der Waals surface area contributed by atoms with Crippen LogP contribution in [0.3, 0.4) is 0 Å². The molecule has 1 aromatic rings. The molecular formula is C11H16N4. The third-order valence-corrected chi connectivity index (χ3v) is 3.14. The predicted octanol–water partition coefficient (Wildman–Crippen LogP) is 1.57. The van der Waals surface area contributed by atoms with Crippen LogP contribution in [0.4, 0.5) is 0 Å². The summed E-state index contributed by atoms with van der Waals surface area (Å²) in [5, 5.41) is 11.9. The average Bonchev–Trinajstić information content (AvgIpc) is 3.06. The van der Waals surface area contributed by atoms with Gasteiger partial charge in [-0.15, -0.1) is 0 Å². The smallest absolute Gasteiger partial charge is 0.113 e. The molecule has 2 saturated carbocycles. The highest BCUT2D eigenvalue weighted by Gasteiger charge is 2.32. The summed E-state index contributed by atoms with van der Waals surface area (Å²) in [6.07, 6.45) is 5.10. The topological polar surface area (TPSA) is 67.7 Å². The number of amidine groups is 1. The summed E-state index contributed by atoms with van der Waals surface area (Å²) in [6.45, 7) is 0.457. The van der Waals surface area contributed by atoms with Gasteiger partial charge in [-0.05, 0) is 31.7 Å². The van der Waals surface area contributed by atoms with E-state index < -0.39 is 0 Å². The fourth-order valence-corrected chi connectivity index (χ4v) is 2.03. The number of nitrogens with two attached hydrogens (primary N) is 1. The van der Waals surface area contributed by atoms with Gasteiger partial charge in [-0.1, -0.05) is 0 Å². The highest BCUT2D eigenvalue weighted by Crippen LogP contribution is 2.44. The lowest BCUT2D eigenvalue weighted by Crippen LogP contribution is -2.20. The largest absolute Gasteiger partial charge is 0.386 e. The first-order chi connectivity index (χ1) is 7.24. The molecule has 80 valence electrons. The van der Waals surface area contributed by atoms with Gasteiger partial charge in [0.15, 0.2) is 0 Å². The zero-order valence-corrected chi connectivity index (χ0v) is 8.74. The van der Waals surface area contributed by atoms with Crippen LogP contribution < -0.4 is 5.73 Å². The van der Waals surface area contributed by atoms with E-state index in [1.807, 2.05) is 4.68 Å². The van der Waals surface area contributed by atoms with Gasteiger partial charge in [-0.3, -0.25) is 10.1 Å². The fourth-order valence-electron chi connectivity index (χ4n) is 2.03. The van der Waals surface area contributed by atoms with Gasteiger partial charge < -0.3 is 5.73 Å². The van der Waals surface area contributed by atoms with Crippen molar-refractivity contribution in [3.05, 3.63) is 17.5 Å². The molecule has 0 aromatic carbocycles. The summed E-state index contributed by atoms with van der Waals surface area (Å²) in [6, 6.07) is 2.23. The normalized spacial score (nSPS) is 20.5. The molecule has 0 atom stereocenters. The molecule has 0 amide bonds. The van der Waals surface area contributed by atoms with Gasteiger partial charge in [0.1, 0.15) is 5.84 Å². The van der Waals surface area contributed by atoms with E-state index in [2.05, 4.69) is 11.2 Å². The summed E-state index contributed by atoms with van der Waals surface area (Å²) in [5.74, 6) is 1.57. The maximum absolute atomic E-state index is 7.34. The van der Waals surface area contributed by atoms with Crippen LogP contribution in [0.1, 0.15) is 48.9 Å². The van der Waals surface area contributed by atoms with Crippen LogP contribution in [-0.2, 0) is 6.54 Å². The minimum absolute atomic E-state index is 0.197. The van der Waals surface area contributed by atoms with E-state index in [4.69, 9.17) is 11.1 Å². The Morgan fingerprint density at radius 1 is 1.40 bits per heavy atom. The molecule has 0 bridgehead atoms. The first kappa shape index (κ1) is 8.95. The van der Waals surface area contributed by atoms with Crippen molar-refractivity contribution in [2.24, 2.45) is 5.73 Å². The Hall–Kier alpha value is -1.32. The fraction of sp³-hybridized carbons (Fsp3) is 0.636. The summed E-state index contributed by atoms with van der Waals surface area (Å²) >= 11 is 0. The van der Waals surface area contributed by atoms with Crippen molar-refractivity contribution in [2.75, 3.05) is 0 Å². The number of hydrogen-bond acceptors (Lipinski definition) is 2. The van der Waals surface area contributed by atoms with Gasteiger partial charge in [-0.2, -0.15) is 5.10 Å². The molecule has 0 aliphatic heterocycles. The van der Waals surface area contributed by atoms with Crippen molar-refractivity contribution in [2.45, 2.75) is 44.1 Å². The molecule has 0 spiro atoms. The van der Waals surface area contributed by atoms with Gasteiger partial charge >= 0.3 is 0 Å². The van der Waals surface area contributed by atoms with Gasteiger partial charge in [0.2, 0.25) is 0 Å². The number of nitrogens with one attached hydrogen (secondary N) is 1. The summed E-state index contributed by atoms with van der Waals surface area (Å²) in [7, 11) is 0. The number of aromatic nitrogens is 2. The van der Waals surface area contributed by atoms with Gasteiger partial charge in [0, 0.05) is 17.5 Å². The lowest BCUT2D eigenvalue weighted by molar-refractivity contribution is 0.661. The second kappa shape index (κ2) is 3.08. The van der Waals surface area contributed by atoms with Crippen molar-refractivity contribution in [3.63, 3.8) is 0 Å². The maximum atomic E-state index is 7.34. The van der Waals surface area contributed by atoms with E-state index in [0.717, 1.165) is 0 Å². The van der Waals surface area contributed by atoms with Crippen molar-refractivity contribution in [1.82, 2.24) is 9.78 Å². The van der Waals surface area contributed by atoms with Crippen LogP contribution in [0, 0.1) is 5.41 Å². The predicted molar refractivity (Wildman–Crippen MR) is 58.1 cm³/mol. The Morgan fingerprint density at radius 2 is 2.07 bits per heavy atom. The molecule has 15 heavy (non-hydrogen) atoms. The molecule has 0 radical (unpaired) electrons. The van der Waals surface area contributed by atoms with Crippen molar-refractivity contribution in [1.29, 1.82) is 5.41 Å². The number of nitrogens with zero attached hydrogens (tertiary/aromatic N) is 2. The highest BCUT2D eigenvalue weighted by molar-refractivity contribution is 5.76. The van der Waals surface area contributed by atoms with Crippen LogP contribution in [0.2, 0.25) is 0 Å². The monoisotopic (exact) mass is 204 g/mol. The summed E-state index contributed by atoms with van der Waals surface area (Å²) in [4.78, 5) is 0. The van der Waals surface area contributed by atoms with Gasteiger partial charge in [0.25, 0.3) is 0 Å². The van der Waals surface area contributed by atoms with Crippen LogP contribution in [-0.4, -0.2) is 15.6 Å². The van der Waals surface area contributed by atoms with Crippen molar-refractivity contribution >= 4 is 5.84 Å². The molecule has 0 saturated heterocycles. The second-order valence-electron chi connectivity index (χ2n) is 4.73. The molecule has 0 unspecified atom stereocenters. The molecule has 1 heterocycles. The average molecular weight is 204 g/mol. The Balaban J connectivity index is 1.90. The van der Waals surface area contributed by atoms with Crippen LogP contribution in [0.25, 0.3) is 0 Å². The third kappa shape index (κ3) is 1.76. The molecule has 3 rings (SSSR count). The van der Waals surface area contributed by atoms with Crippen LogP contribution in [0.5, 0.6) is 0 Å². The molecule has 4 nitrogen and oxygen atoms in total. The molecule has 3 N–H and O–H groups in total. The van der Waals surface area contributed by atoms with E-state index in [1.54, 1.807) is 0 Å². The molecule has 1 aromatic heterocycles. The van der Waals surface area contributed by atoms with Crippen LogP contribution in [0.15, 0.2) is 6.07 Å². The SMILES string of the molecule is N=C(N)Cn1nc(C2CC2)cc1C1CC1. The number of rotatable bonds is 4. The zero-order valence-electron chi connectivity index (χ0n) is 8.74. The van der Waals surface area contributed by atoms with E-state index in [-0.39, 0.29) is 5.84 Å². The molecular weight excluding hydrogens is 188 g/mol. The lowest BCUT2D eigenvalue weighted by Gasteiger charge is -2.04. The third-order valence-electron chi connectivity index (χ3n) is 3.14. The Morgan fingerprint density at radius 3 is 2.60 bits per heavy atom. The van der Waals surface area contributed by atoms with Crippen LogP contribution >= 0.6 is 0 Å². The van der Waals surface area contributed by atoms with E-state index in [9.17, 15) is 0 Å². The summed E-state index contributed by atoms with van der Waals surface area (Å²) < 4.78 is 1.94. The molecule has 2 aliphatic carbocycles. The highest BCUT2D eigenvalue weighted by atomic mass is 15.3. The van der Waals surface area contributed by atoms with Crippen molar-refractivity contribution in [3.8, 4) is 0 Å². The summed E-state index contributed by atoms with van der Waals surface area (Å²) in [5.41, 5.74) is 7.96. The van der Waals surface area contributed by atoms with Gasteiger partial charge in [-0.25, -0.2) is 0 Å². The standard InChI is InChI=1S/C11H16N4/c12-11(13)6-15-10(8-3-4-8)5-9(14-15)7-1-2-7/h5,7-8H,1-4,6H2,(H3,12,13). The Bertz CT molecular complexity index is 399. The van der Waals surface area contributed by atoms with Crippen molar-refractivity contribution < 1.29 is 0 Å². The second-order valence-corrected chi connectivity index (χ2v) is 4.73. The maximum Gasteiger partial charge on any atom is 0.113 e. The minimum Gasteiger partial charge on any atom is -0.386 e. The molecule has 2 fully saturated rings. The number of hydrogen-bond donors (Lipinski definition) is 2. The van der Waals surface area contributed by atoms with E-state index >= 15 is 0 Å². The molecule has 4 heteroatoms. The first-order valence-corrected chi connectivity index (χ1v) is 5.64. The first-order valence-electron chi connectivity index (χ1n) is 5.64. The lowest BCUT2D eigenvalue weighted by atomic mass is 10.2. The molecule has 2 aliphatic rings. The zero-order chi connectivity index (χ0) is 10.4. The minimum atomic E-state index is 0.197. The van der Waals surface area contributed by atoms with Gasteiger partial charge in [0.05, 0.1) is 12.2 Å². The Labute approximate surface area is 89.0 Å². The van der Waals surface area contributed by atoms with E-state index in [0.29, 0.717) is 18.4 Å².